The third kappa shape index (κ3) is 2.77. The molecule has 1 atom stereocenters. The van der Waals surface area contributed by atoms with Gasteiger partial charge in [0.2, 0.25) is 5.91 Å². The molecule has 1 N–H and O–H groups in total. The molecule has 0 saturated heterocycles. The van der Waals surface area contributed by atoms with E-state index < -0.39 is 0 Å². The van der Waals surface area contributed by atoms with E-state index in [1.807, 2.05) is 35.7 Å². The molecule has 5 rings (SSSR count). The minimum atomic E-state index is -0.239. The molecule has 136 valence electrons. The van der Waals surface area contributed by atoms with E-state index in [1.165, 1.54) is 17.5 Å². The number of pyridine rings is 1. The Morgan fingerprint density at radius 1 is 1.26 bits per heavy atom. The quantitative estimate of drug-likeness (QED) is 0.605. The number of aryl methyl sites for hydroxylation is 2. The average Bonchev–Trinajstić information content (AvgIpc) is 3.38. The number of rotatable bonds is 4. The number of aromatic nitrogens is 3. The SMILES string of the molecule is C[C@H](NC(=O)Cc1coc2cc3c(cc12)CCC3)c1nnc2ccccn12. The fraction of sp³-hybridized carbons (Fsp3) is 0.286. The van der Waals surface area contributed by atoms with Crippen LogP contribution in [-0.4, -0.2) is 20.5 Å². The van der Waals surface area contributed by atoms with Gasteiger partial charge in [-0.15, -0.1) is 10.2 Å². The summed E-state index contributed by atoms with van der Waals surface area (Å²) in [7, 11) is 0. The van der Waals surface area contributed by atoms with Crippen molar-refractivity contribution >= 4 is 22.5 Å². The Hall–Kier alpha value is -3.15. The molecule has 0 unspecified atom stereocenters. The molecule has 6 nitrogen and oxygen atoms in total. The molecule has 1 aliphatic rings. The van der Waals surface area contributed by atoms with Gasteiger partial charge in [0.15, 0.2) is 11.5 Å². The van der Waals surface area contributed by atoms with Crippen molar-refractivity contribution in [3.05, 3.63) is 65.3 Å². The predicted molar refractivity (Wildman–Crippen MR) is 101 cm³/mol. The van der Waals surface area contributed by atoms with Crippen molar-refractivity contribution in [1.82, 2.24) is 19.9 Å². The van der Waals surface area contributed by atoms with Crippen molar-refractivity contribution in [2.75, 3.05) is 0 Å². The standard InChI is InChI=1S/C21H20N4O2/c1-13(21-24-23-19-7-2-3-8-25(19)21)22-20(26)11-16-12-27-18-10-15-6-4-5-14(15)9-17(16)18/h2-3,7-10,12-13H,4-6,11H2,1H3,(H,22,26)/t13-/m0/s1. The average molecular weight is 360 g/mol. The minimum Gasteiger partial charge on any atom is -0.464 e. The number of nitrogens with one attached hydrogen (secondary N) is 1. The van der Waals surface area contributed by atoms with Gasteiger partial charge in [0, 0.05) is 17.1 Å². The number of amides is 1. The molecular formula is C21H20N4O2. The fourth-order valence-corrected chi connectivity index (χ4v) is 3.97. The zero-order valence-corrected chi connectivity index (χ0v) is 15.1. The van der Waals surface area contributed by atoms with Gasteiger partial charge in [-0.3, -0.25) is 9.20 Å². The summed E-state index contributed by atoms with van der Waals surface area (Å²) in [4.78, 5) is 12.6. The molecule has 0 radical (unpaired) electrons. The van der Waals surface area contributed by atoms with Crippen LogP contribution in [0.1, 0.15) is 41.9 Å². The van der Waals surface area contributed by atoms with Crippen LogP contribution in [0.15, 0.2) is 47.2 Å². The smallest absolute Gasteiger partial charge is 0.225 e. The summed E-state index contributed by atoms with van der Waals surface area (Å²) in [6, 6.07) is 9.81. The van der Waals surface area contributed by atoms with Crippen LogP contribution in [-0.2, 0) is 24.1 Å². The number of carbonyl (C=O) groups is 1. The number of fused-ring (bicyclic) bond motifs is 3. The highest BCUT2D eigenvalue weighted by Gasteiger charge is 2.19. The Balaban J connectivity index is 1.35. The largest absolute Gasteiger partial charge is 0.464 e. The molecule has 4 aromatic rings. The first-order valence-electron chi connectivity index (χ1n) is 9.30. The minimum absolute atomic E-state index is 0.0571. The molecular weight excluding hydrogens is 340 g/mol. The van der Waals surface area contributed by atoms with Crippen LogP contribution < -0.4 is 5.32 Å². The first kappa shape index (κ1) is 16.1. The van der Waals surface area contributed by atoms with Crippen molar-refractivity contribution in [3.8, 4) is 0 Å². The lowest BCUT2D eigenvalue weighted by Gasteiger charge is -2.12. The van der Waals surface area contributed by atoms with E-state index in [0.717, 1.165) is 35.0 Å². The predicted octanol–water partition coefficient (Wildman–Crippen LogP) is 3.38. The highest BCUT2D eigenvalue weighted by molar-refractivity contribution is 5.88. The molecule has 6 heteroatoms. The summed E-state index contributed by atoms with van der Waals surface area (Å²) in [5.74, 6) is 0.659. The zero-order valence-electron chi connectivity index (χ0n) is 15.1. The second-order valence-corrected chi connectivity index (χ2v) is 7.18. The maximum Gasteiger partial charge on any atom is 0.225 e. The van der Waals surface area contributed by atoms with Crippen molar-refractivity contribution in [3.63, 3.8) is 0 Å². The Labute approximate surface area is 156 Å². The van der Waals surface area contributed by atoms with Gasteiger partial charge in [0.1, 0.15) is 5.58 Å². The number of hydrogen-bond donors (Lipinski definition) is 1. The lowest BCUT2D eigenvalue weighted by molar-refractivity contribution is -0.121. The van der Waals surface area contributed by atoms with Crippen LogP contribution in [0.5, 0.6) is 0 Å². The molecule has 3 heterocycles. The van der Waals surface area contributed by atoms with E-state index in [9.17, 15) is 4.79 Å². The maximum absolute atomic E-state index is 12.6. The van der Waals surface area contributed by atoms with Gasteiger partial charge in [-0.25, -0.2) is 0 Å². The first-order valence-corrected chi connectivity index (χ1v) is 9.30. The third-order valence-electron chi connectivity index (χ3n) is 5.32. The van der Waals surface area contributed by atoms with E-state index >= 15 is 0 Å². The van der Waals surface area contributed by atoms with Gasteiger partial charge < -0.3 is 9.73 Å². The van der Waals surface area contributed by atoms with Crippen LogP contribution in [0.4, 0.5) is 0 Å². The molecule has 1 aliphatic carbocycles. The topological polar surface area (TPSA) is 72.4 Å². The highest BCUT2D eigenvalue weighted by Crippen LogP contribution is 2.30. The van der Waals surface area contributed by atoms with Gasteiger partial charge in [0.25, 0.3) is 0 Å². The second-order valence-electron chi connectivity index (χ2n) is 7.18. The Kier molecular flexibility index (Phi) is 3.70. The zero-order chi connectivity index (χ0) is 18.4. The van der Waals surface area contributed by atoms with Crippen molar-refractivity contribution in [2.24, 2.45) is 0 Å². The maximum atomic E-state index is 12.6. The Bertz CT molecular complexity index is 1160. The summed E-state index contributed by atoms with van der Waals surface area (Å²) in [6.45, 7) is 1.92. The van der Waals surface area contributed by atoms with Crippen LogP contribution in [0, 0.1) is 0 Å². The van der Waals surface area contributed by atoms with Crippen LogP contribution >= 0.6 is 0 Å². The molecule has 0 spiro atoms. The van der Waals surface area contributed by atoms with E-state index in [2.05, 4.69) is 27.6 Å². The van der Waals surface area contributed by atoms with Gasteiger partial charge in [-0.2, -0.15) is 0 Å². The highest BCUT2D eigenvalue weighted by atomic mass is 16.3. The number of hydrogen-bond acceptors (Lipinski definition) is 4. The van der Waals surface area contributed by atoms with Gasteiger partial charge >= 0.3 is 0 Å². The monoisotopic (exact) mass is 360 g/mol. The van der Waals surface area contributed by atoms with Crippen molar-refractivity contribution in [1.29, 1.82) is 0 Å². The van der Waals surface area contributed by atoms with Crippen LogP contribution in [0.2, 0.25) is 0 Å². The molecule has 27 heavy (non-hydrogen) atoms. The van der Waals surface area contributed by atoms with Crippen LogP contribution in [0.3, 0.4) is 0 Å². The Morgan fingerprint density at radius 2 is 2.11 bits per heavy atom. The van der Waals surface area contributed by atoms with E-state index in [0.29, 0.717) is 5.82 Å². The van der Waals surface area contributed by atoms with Gasteiger partial charge in [-0.05, 0) is 61.6 Å². The summed E-state index contributed by atoms with van der Waals surface area (Å²) in [6.07, 6.45) is 7.31. The second kappa shape index (κ2) is 6.23. The van der Waals surface area contributed by atoms with Crippen LogP contribution in [0.25, 0.3) is 16.6 Å². The molecule has 0 fully saturated rings. The molecule has 1 aromatic carbocycles. The molecule has 1 amide bonds. The summed E-state index contributed by atoms with van der Waals surface area (Å²) >= 11 is 0. The molecule has 0 saturated carbocycles. The van der Waals surface area contributed by atoms with E-state index in [-0.39, 0.29) is 18.4 Å². The van der Waals surface area contributed by atoms with Gasteiger partial charge in [0.05, 0.1) is 18.7 Å². The van der Waals surface area contributed by atoms with E-state index in [1.54, 1.807) is 6.26 Å². The normalized spacial score (nSPS) is 14.6. The lowest BCUT2D eigenvalue weighted by Crippen LogP contribution is -2.29. The molecule has 3 aromatic heterocycles. The molecule has 0 bridgehead atoms. The van der Waals surface area contributed by atoms with Crippen molar-refractivity contribution in [2.45, 2.75) is 38.6 Å². The fourth-order valence-electron chi connectivity index (χ4n) is 3.97. The molecule has 0 aliphatic heterocycles. The summed E-state index contributed by atoms with van der Waals surface area (Å²) < 4.78 is 7.59. The van der Waals surface area contributed by atoms with Gasteiger partial charge in [-0.1, -0.05) is 6.07 Å². The van der Waals surface area contributed by atoms with Crippen molar-refractivity contribution < 1.29 is 9.21 Å². The lowest BCUT2D eigenvalue weighted by atomic mass is 10.0. The number of carbonyl (C=O) groups excluding carboxylic acids is 1. The third-order valence-corrected chi connectivity index (χ3v) is 5.32. The summed E-state index contributed by atoms with van der Waals surface area (Å²) in [5, 5.41) is 12.4. The number of nitrogens with zero attached hydrogens (tertiary/aromatic N) is 3. The Morgan fingerprint density at radius 3 is 3.00 bits per heavy atom. The number of benzene rings is 1. The van der Waals surface area contributed by atoms with E-state index in [4.69, 9.17) is 4.42 Å². The first-order chi connectivity index (χ1) is 13.2. The number of furan rings is 1. The summed E-state index contributed by atoms with van der Waals surface area (Å²) in [5.41, 5.74) is 5.32.